The van der Waals surface area contributed by atoms with Crippen molar-refractivity contribution in [1.82, 2.24) is 14.9 Å². The van der Waals surface area contributed by atoms with Crippen LogP contribution in [0.1, 0.15) is 33.4 Å². The quantitative estimate of drug-likeness (QED) is 0.746. The summed E-state index contributed by atoms with van der Waals surface area (Å²) in [6.07, 6.45) is 1.47. The van der Waals surface area contributed by atoms with Gasteiger partial charge in [0.05, 0.1) is 16.7 Å². The van der Waals surface area contributed by atoms with E-state index in [9.17, 15) is 4.79 Å². The van der Waals surface area contributed by atoms with Crippen LogP contribution in [0.4, 0.5) is 4.79 Å². The van der Waals surface area contributed by atoms with E-state index in [4.69, 9.17) is 4.74 Å². The van der Waals surface area contributed by atoms with Gasteiger partial charge in [0.25, 0.3) is 0 Å². The first-order chi connectivity index (χ1) is 11.3. The van der Waals surface area contributed by atoms with Crippen molar-refractivity contribution in [1.29, 1.82) is 0 Å². The molecule has 2 heterocycles. The van der Waals surface area contributed by atoms with E-state index in [1.54, 1.807) is 11.1 Å². The van der Waals surface area contributed by atoms with Crippen LogP contribution in [0.25, 0.3) is 21.8 Å². The molecule has 1 N–H and O–H groups in total. The zero-order chi connectivity index (χ0) is 17.5. The number of fused-ring (bicyclic) bond motifs is 3. The number of carbonyl (C=O) groups is 1. The van der Waals surface area contributed by atoms with E-state index in [1.807, 2.05) is 58.9 Å². The topological polar surface area (TPSA) is 58.2 Å². The molecule has 0 bridgehead atoms. The monoisotopic (exact) mass is 325 g/mol. The van der Waals surface area contributed by atoms with Crippen LogP contribution in [0.2, 0.25) is 0 Å². The molecule has 0 atom stereocenters. The largest absolute Gasteiger partial charge is 0.415 e. The van der Waals surface area contributed by atoms with Gasteiger partial charge >= 0.3 is 6.09 Å². The Morgan fingerprint density at radius 1 is 1.25 bits per heavy atom. The van der Waals surface area contributed by atoms with Crippen molar-refractivity contribution in [3.8, 4) is 5.75 Å². The number of benzene rings is 1. The summed E-state index contributed by atoms with van der Waals surface area (Å²) >= 11 is 0. The fraction of sp³-hybridized carbons (Fsp3) is 0.368. The number of hydrogen-bond acceptors (Lipinski definition) is 3. The number of nitrogens with zero attached hydrogens (tertiary/aromatic N) is 2. The maximum absolute atomic E-state index is 12.4. The third kappa shape index (κ3) is 2.82. The number of rotatable bonds is 2. The van der Waals surface area contributed by atoms with Gasteiger partial charge in [0.15, 0.2) is 0 Å². The minimum atomic E-state index is -0.335. The number of carbonyl (C=O) groups excluding carboxylic acids is 1. The highest BCUT2D eigenvalue weighted by Gasteiger charge is 2.26. The molecule has 3 aromatic rings. The smallest absolute Gasteiger partial charge is 0.410 e. The third-order valence-corrected chi connectivity index (χ3v) is 4.23. The lowest BCUT2D eigenvalue weighted by Gasteiger charge is -2.33. The maximum atomic E-state index is 12.4. The van der Waals surface area contributed by atoms with Gasteiger partial charge in [-0.25, -0.2) is 4.79 Å². The van der Waals surface area contributed by atoms with Gasteiger partial charge in [-0.15, -0.1) is 0 Å². The first kappa shape index (κ1) is 16.3. The molecule has 0 saturated carbocycles. The van der Waals surface area contributed by atoms with Crippen LogP contribution in [-0.4, -0.2) is 33.0 Å². The SMILES string of the molecule is CCN(C(=O)Oc1ccc2c(c1)[nH]c1c(C)nccc12)C(C)(C)C. The molecule has 0 aliphatic carbocycles. The first-order valence-electron chi connectivity index (χ1n) is 8.17. The Bertz CT molecular complexity index is 906. The van der Waals surface area contributed by atoms with Crippen molar-refractivity contribution in [3.05, 3.63) is 36.2 Å². The van der Waals surface area contributed by atoms with E-state index in [2.05, 4.69) is 9.97 Å². The average Bonchev–Trinajstić information content (AvgIpc) is 2.85. The fourth-order valence-electron chi connectivity index (χ4n) is 3.04. The lowest BCUT2D eigenvalue weighted by Crippen LogP contribution is -2.46. The molecule has 5 heteroatoms. The van der Waals surface area contributed by atoms with Gasteiger partial charge in [-0.05, 0) is 52.8 Å². The van der Waals surface area contributed by atoms with Crippen molar-refractivity contribution in [2.24, 2.45) is 0 Å². The van der Waals surface area contributed by atoms with Crippen LogP contribution in [-0.2, 0) is 0 Å². The van der Waals surface area contributed by atoms with Crippen molar-refractivity contribution in [2.45, 2.75) is 40.2 Å². The average molecular weight is 325 g/mol. The van der Waals surface area contributed by atoms with Gasteiger partial charge in [0.2, 0.25) is 0 Å². The van der Waals surface area contributed by atoms with Crippen LogP contribution < -0.4 is 4.74 Å². The van der Waals surface area contributed by atoms with Gasteiger partial charge in [-0.2, -0.15) is 0 Å². The Balaban J connectivity index is 1.95. The first-order valence-corrected chi connectivity index (χ1v) is 8.17. The summed E-state index contributed by atoms with van der Waals surface area (Å²) in [6.45, 7) is 10.5. The Labute approximate surface area is 141 Å². The Hall–Kier alpha value is -2.56. The van der Waals surface area contributed by atoms with E-state index < -0.39 is 0 Å². The molecular weight excluding hydrogens is 302 g/mol. The molecule has 126 valence electrons. The molecule has 1 amide bonds. The molecule has 3 rings (SSSR count). The molecule has 0 aliphatic rings. The summed E-state index contributed by atoms with van der Waals surface area (Å²) in [7, 11) is 0. The number of ether oxygens (including phenoxy) is 1. The van der Waals surface area contributed by atoms with Gasteiger partial charge in [-0.1, -0.05) is 0 Å². The van der Waals surface area contributed by atoms with Crippen LogP contribution in [0.15, 0.2) is 30.5 Å². The molecule has 0 spiro atoms. The van der Waals surface area contributed by atoms with Crippen molar-refractivity contribution < 1.29 is 9.53 Å². The number of hydrogen-bond donors (Lipinski definition) is 1. The summed E-state index contributed by atoms with van der Waals surface area (Å²) in [4.78, 5) is 21.8. The number of H-pyrrole nitrogens is 1. The number of nitrogens with one attached hydrogen (secondary N) is 1. The van der Waals surface area contributed by atoms with Gasteiger partial charge in [-0.3, -0.25) is 4.98 Å². The Morgan fingerprint density at radius 2 is 2.00 bits per heavy atom. The summed E-state index contributed by atoms with van der Waals surface area (Å²) in [5, 5.41) is 2.22. The number of aromatic amines is 1. The van der Waals surface area contributed by atoms with E-state index in [0.29, 0.717) is 12.3 Å². The van der Waals surface area contributed by atoms with Crippen molar-refractivity contribution in [3.63, 3.8) is 0 Å². The van der Waals surface area contributed by atoms with E-state index in [0.717, 1.165) is 27.5 Å². The third-order valence-electron chi connectivity index (χ3n) is 4.23. The van der Waals surface area contributed by atoms with E-state index >= 15 is 0 Å². The predicted octanol–water partition coefficient (Wildman–Crippen LogP) is 4.64. The highest BCUT2D eigenvalue weighted by atomic mass is 16.6. The second-order valence-corrected chi connectivity index (χ2v) is 6.93. The normalized spacial score (nSPS) is 11.9. The van der Waals surface area contributed by atoms with Crippen LogP contribution in [0.3, 0.4) is 0 Å². The lowest BCUT2D eigenvalue weighted by molar-refractivity contribution is 0.111. The van der Waals surface area contributed by atoms with Gasteiger partial charge in [0, 0.05) is 35.1 Å². The fourth-order valence-corrected chi connectivity index (χ4v) is 3.04. The lowest BCUT2D eigenvalue weighted by atomic mass is 10.1. The number of aromatic nitrogens is 2. The summed E-state index contributed by atoms with van der Waals surface area (Å²) < 4.78 is 5.58. The highest BCUT2D eigenvalue weighted by molar-refractivity contribution is 6.08. The predicted molar refractivity (Wildman–Crippen MR) is 96.5 cm³/mol. The molecular formula is C19H23N3O2. The van der Waals surface area contributed by atoms with Gasteiger partial charge in [0.1, 0.15) is 5.75 Å². The molecule has 0 fully saturated rings. The molecule has 0 unspecified atom stereocenters. The van der Waals surface area contributed by atoms with Crippen LogP contribution in [0, 0.1) is 6.92 Å². The Kier molecular flexibility index (Phi) is 3.95. The molecule has 5 nitrogen and oxygen atoms in total. The van der Waals surface area contributed by atoms with Crippen LogP contribution >= 0.6 is 0 Å². The van der Waals surface area contributed by atoms with Crippen molar-refractivity contribution in [2.75, 3.05) is 6.54 Å². The van der Waals surface area contributed by atoms with E-state index in [1.165, 1.54) is 0 Å². The summed E-state index contributed by atoms with van der Waals surface area (Å²) in [5.74, 6) is 0.535. The zero-order valence-corrected chi connectivity index (χ0v) is 14.8. The molecule has 1 aromatic carbocycles. The van der Waals surface area contributed by atoms with Crippen LogP contribution in [0.5, 0.6) is 5.75 Å². The molecule has 0 aliphatic heterocycles. The number of amides is 1. The number of aryl methyl sites for hydroxylation is 1. The van der Waals surface area contributed by atoms with Gasteiger partial charge < -0.3 is 14.6 Å². The summed E-state index contributed by atoms with van der Waals surface area (Å²) in [6, 6.07) is 7.66. The minimum absolute atomic E-state index is 0.278. The van der Waals surface area contributed by atoms with Crippen molar-refractivity contribution >= 4 is 27.9 Å². The Morgan fingerprint density at radius 3 is 2.67 bits per heavy atom. The standard InChI is InChI=1S/C19H23N3O2/c1-6-22(19(3,4)5)18(23)24-13-7-8-14-15-9-10-20-12(2)17(15)21-16(14)11-13/h7-11,21H,6H2,1-5H3. The molecule has 24 heavy (non-hydrogen) atoms. The highest BCUT2D eigenvalue weighted by Crippen LogP contribution is 2.29. The zero-order valence-electron chi connectivity index (χ0n) is 14.8. The van der Waals surface area contributed by atoms with E-state index in [-0.39, 0.29) is 11.6 Å². The second kappa shape index (κ2) is 5.82. The second-order valence-electron chi connectivity index (χ2n) is 6.93. The summed E-state index contributed by atoms with van der Waals surface area (Å²) in [5.41, 5.74) is 2.62. The molecule has 0 saturated heterocycles. The minimum Gasteiger partial charge on any atom is -0.410 e. The number of pyridine rings is 1. The molecule has 0 radical (unpaired) electrons. The molecule has 2 aromatic heterocycles. The maximum Gasteiger partial charge on any atom is 0.415 e.